The van der Waals surface area contributed by atoms with Gasteiger partial charge in [0.05, 0.1) is 12.2 Å². The molecule has 1 saturated carbocycles. The molecule has 0 aromatic heterocycles. The Morgan fingerprint density at radius 3 is 2.58 bits per heavy atom. The van der Waals surface area contributed by atoms with Crippen LogP contribution in [0.4, 0.5) is 5.69 Å². The van der Waals surface area contributed by atoms with Gasteiger partial charge in [0.15, 0.2) is 0 Å². The summed E-state index contributed by atoms with van der Waals surface area (Å²) in [7, 11) is 0. The Balaban J connectivity index is 1.38. The SMILES string of the molecule is CC(C(=O)Nc1ccc(Cl)cc1)[C@H]1CC[C@@]2(CC1)OCc1ccccc12. The van der Waals surface area contributed by atoms with Crippen molar-refractivity contribution in [2.24, 2.45) is 11.8 Å². The first-order valence-electron chi connectivity index (χ1n) is 9.36. The normalized spacial score (nSPS) is 25.7. The van der Waals surface area contributed by atoms with E-state index in [9.17, 15) is 4.79 Å². The van der Waals surface area contributed by atoms with Crippen LogP contribution in [-0.4, -0.2) is 5.91 Å². The molecule has 1 spiro atoms. The zero-order valence-corrected chi connectivity index (χ0v) is 15.8. The van der Waals surface area contributed by atoms with Crippen molar-refractivity contribution in [2.75, 3.05) is 5.32 Å². The first-order chi connectivity index (χ1) is 12.6. The third-order valence-electron chi connectivity index (χ3n) is 6.08. The van der Waals surface area contributed by atoms with Crippen LogP contribution in [0.2, 0.25) is 5.02 Å². The van der Waals surface area contributed by atoms with Crippen LogP contribution in [0.15, 0.2) is 48.5 Å². The Morgan fingerprint density at radius 1 is 1.15 bits per heavy atom. The fraction of sp³-hybridized carbons (Fsp3) is 0.409. The lowest BCUT2D eigenvalue weighted by Gasteiger charge is -2.39. The summed E-state index contributed by atoms with van der Waals surface area (Å²) in [5.74, 6) is 0.463. The summed E-state index contributed by atoms with van der Waals surface area (Å²) in [6, 6.07) is 15.8. The molecule has 1 heterocycles. The maximum atomic E-state index is 12.6. The molecule has 3 nitrogen and oxygen atoms in total. The zero-order chi connectivity index (χ0) is 18.1. The fourth-order valence-electron chi connectivity index (χ4n) is 4.41. The van der Waals surface area contributed by atoms with Gasteiger partial charge in [0, 0.05) is 16.6 Å². The first-order valence-corrected chi connectivity index (χ1v) is 9.74. The number of hydrogen-bond acceptors (Lipinski definition) is 2. The number of rotatable bonds is 3. The fourth-order valence-corrected chi connectivity index (χ4v) is 4.53. The highest BCUT2D eigenvalue weighted by atomic mass is 35.5. The van der Waals surface area contributed by atoms with E-state index in [1.54, 1.807) is 12.1 Å². The van der Waals surface area contributed by atoms with Crippen LogP contribution in [-0.2, 0) is 21.7 Å². The number of fused-ring (bicyclic) bond motifs is 2. The molecule has 1 aliphatic carbocycles. The van der Waals surface area contributed by atoms with E-state index >= 15 is 0 Å². The van der Waals surface area contributed by atoms with Gasteiger partial charge in [-0.3, -0.25) is 4.79 Å². The number of nitrogens with one attached hydrogen (secondary N) is 1. The molecule has 4 heteroatoms. The van der Waals surface area contributed by atoms with Crippen molar-refractivity contribution in [1.82, 2.24) is 0 Å². The van der Waals surface area contributed by atoms with Crippen LogP contribution in [0.1, 0.15) is 43.7 Å². The van der Waals surface area contributed by atoms with Gasteiger partial charge in [0.2, 0.25) is 5.91 Å². The molecule has 1 aliphatic heterocycles. The average molecular weight is 370 g/mol. The summed E-state index contributed by atoms with van der Waals surface area (Å²) in [6.07, 6.45) is 4.02. The van der Waals surface area contributed by atoms with Gasteiger partial charge >= 0.3 is 0 Å². The second-order valence-electron chi connectivity index (χ2n) is 7.56. The third kappa shape index (κ3) is 3.26. The van der Waals surface area contributed by atoms with Crippen molar-refractivity contribution >= 4 is 23.2 Å². The van der Waals surface area contributed by atoms with Gasteiger partial charge in [-0.15, -0.1) is 0 Å². The van der Waals surface area contributed by atoms with E-state index < -0.39 is 0 Å². The van der Waals surface area contributed by atoms with Crippen molar-refractivity contribution < 1.29 is 9.53 Å². The lowest BCUT2D eigenvalue weighted by Crippen LogP contribution is -2.36. The third-order valence-corrected chi connectivity index (χ3v) is 6.33. The summed E-state index contributed by atoms with van der Waals surface area (Å²) in [4.78, 5) is 12.6. The Bertz CT molecular complexity index is 794. The minimum Gasteiger partial charge on any atom is -0.366 e. The van der Waals surface area contributed by atoms with Crippen LogP contribution in [0.5, 0.6) is 0 Å². The van der Waals surface area contributed by atoms with E-state index in [0.29, 0.717) is 17.5 Å². The Labute approximate surface area is 159 Å². The number of benzene rings is 2. The highest BCUT2D eigenvalue weighted by Gasteiger charge is 2.44. The summed E-state index contributed by atoms with van der Waals surface area (Å²) in [5.41, 5.74) is 3.35. The van der Waals surface area contributed by atoms with Gasteiger partial charge in [0.25, 0.3) is 0 Å². The smallest absolute Gasteiger partial charge is 0.227 e. The number of carbonyl (C=O) groups excluding carboxylic acids is 1. The molecule has 136 valence electrons. The minimum atomic E-state index is -0.126. The lowest BCUT2D eigenvalue weighted by atomic mass is 9.71. The number of halogens is 1. The number of anilines is 1. The van der Waals surface area contributed by atoms with E-state index in [1.807, 2.05) is 19.1 Å². The minimum absolute atomic E-state index is 0.0142. The van der Waals surface area contributed by atoms with E-state index in [4.69, 9.17) is 16.3 Å². The van der Waals surface area contributed by atoms with E-state index in [0.717, 1.165) is 31.4 Å². The van der Waals surface area contributed by atoms with Gasteiger partial charge in [-0.05, 0) is 67.0 Å². The Hall–Kier alpha value is -1.84. The molecule has 26 heavy (non-hydrogen) atoms. The molecule has 2 aromatic rings. The molecule has 1 fully saturated rings. The van der Waals surface area contributed by atoms with E-state index in [1.165, 1.54) is 11.1 Å². The molecule has 0 bridgehead atoms. The van der Waals surface area contributed by atoms with Crippen molar-refractivity contribution in [2.45, 2.75) is 44.8 Å². The van der Waals surface area contributed by atoms with Crippen LogP contribution in [0, 0.1) is 11.8 Å². The second kappa shape index (κ2) is 7.05. The summed E-state index contributed by atoms with van der Waals surface area (Å²) >= 11 is 5.90. The van der Waals surface area contributed by atoms with Crippen LogP contribution in [0.3, 0.4) is 0 Å². The summed E-state index contributed by atoms with van der Waals surface area (Å²) < 4.78 is 6.23. The molecule has 1 unspecified atom stereocenters. The first kappa shape index (κ1) is 17.6. The predicted octanol–water partition coefficient (Wildman–Crippen LogP) is 5.53. The highest BCUT2D eigenvalue weighted by Crippen LogP contribution is 2.49. The van der Waals surface area contributed by atoms with E-state index in [-0.39, 0.29) is 17.4 Å². The number of carbonyl (C=O) groups is 1. The number of amides is 1. The van der Waals surface area contributed by atoms with Crippen LogP contribution >= 0.6 is 11.6 Å². The highest BCUT2D eigenvalue weighted by molar-refractivity contribution is 6.30. The topological polar surface area (TPSA) is 38.3 Å². The lowest BCUT2D eigenvalue weighted by molar-refractivity contribution is -0.123. The van der Waals surface area contributed by atoms with Gasteiger partial charge in [-0.25, -0.2) is 0 Å². The largest absolute Gasteiger partial charge is 0.366 e. The summed E-state index contributed by atoms with van der Waals surface area (Å²) in [6.45, 7) is 2.75. The van der Waals surface area contributed by atoms with Crippen molar-refractivity contribution in [3.05, 3.63) is 64.7 Å². The van der Waals surface area contributed by atoms with Gasteiger partial charge in [0.1, 0.15) is 0 Å². The second-order valence-corrected chi connectivity index (χ2v) is 8.00. The molecular weight excluding hydrogens is 346 g/mol. The molecule has 0 saturated heterocycles. The quantitative estimate of drug-likeness (QED) is 0.772. The maximum absolute atomic E-state index is 12.6. The average Bonchev–Trinajstić information content (AvgIpc) is 3.02. The molecule has 2 aliphatic rings. The van der Waals surface area contributed by atoms with Crippen LogP contribution < -0.4 is 5.32 Å². The molecule has 1 atom stereocenters. The van der Waals surface area contributed by atoms with Gasteiger partial charge in [-0.1, -0.05) is 42.8 Å². The molecule has 1 N–H and O–H groups in total. The molecular formula is C22H24ClNO2. The molecule has 1 amide bonds. The van der Waals surface area contributed by atoms with Gasteiger partial charge in [-0.2, -0.15) is 0 Å². The van der Waals surface area contributed by atoms with Crippen molar-refractivity contribution in [1.29, 1.82) is 0 Å². The van der Waals surface area contributed by atoms with Crippen molar-refractivity contribution in [3.63, 3.8) is 0 Å². The molecule has 4 rings (SSSR count). The number of ether oxygens (including phenoxy) is 1. The molecule has 2 aromatic carbocycles. The maximum Gasteiger partial charge on any atom is 0.227 e. The Kier molecular flexibility index (Phi) is 4.76. The van der Waals surface area contributed by atoms with E-state index in [2.05, 4.69) is 29.6 Å². The van der Waals surface area contributed by atoms with Crippen molar-refractivity contribution in [3.8, 4) is 0 Å². The van der Waals surface area contributed by atoms with Crippen LogP contribution in [0.25, 0.3) is 0 Å². The summed E-state index contributed by atoms with van der Waals surface area (Å²) in [5, 5.41) is 3.69. The Morgan fingerprint density at radius 2 is 1.85 bits per heavy atom. The van der Waals surface area contributed by atoms with Gasteiger partial charge < -0.3 is 10.1 Å². The number of hydrogen-bond donors (Lipinski definition) is 1. The monoisotopic (exact) mass is 369 g/mol. The molecule has 0 radical (unpaired) electrons. The predicted molar refractivity (Wildman–Crippen MR) is 104 cm³/mol. The zero-order valence-electron chi connectivity index (χ0n) is 15.0. The standard InChI is InChI=1S/C22H24ClNO2/c1-15(21(25)24-19-8-6-18(23)7-9-19)16-10-12-22(13-11-16)20-5-3-2-4-17(20)14-26-22/h2-9,15-16H,10-14H2,1H3,(H,24,25)/t15?,16-,22-.